The molecule has 0 spiro atoms. The Kier molecular flexibility index (Phi) is 3.35. The molecule has 0 aliphatic carbocycles. The van der Waals surface area contributed by atoms with Gasteiger partial charge in [-0.05, 0) is 47.0 Å². The van der Waals surface area contributed by atoms with E-state index in [0.717, 1.165) is 26.1 Å². The Morgan fingerprint density at radius 1 is 1.28 bits per heavy atom. The minimum absolute atomic E-state index is 1.01. The van der Waals surface area contributed by atoms with E-state index in [-0.39, 0.29) is 0 Å². The molecule has 1 N–H and O–H groups in total. The molecule has 3 heteroatoms. The summed E-state index contributed by atoms with van der Waals surface area (Å²) in [6.07, 6.45) is 1.16. The topological polar surface area (TPSA) is 15.3 Å². The average Bonchev–Trinajstić information content (AvgIpc) is 2.99. The third-order valence-corrected chi connectivity index (χ3v) is 4.14. The van der Waals surface area contributed by atoms with Gasteiger partial charge in [0, 0.05) is 25.3 Å². The predicted octanol–water partition coefficient (Wildman–Crippen LogP) is 3.35. The van der Waals surface area contributed by atoms with Crippen LogP contribution in [0.2, 0.25) is 0 Å². The molecular weight excluding hydrogens is 240 g/mol. The van der Waals surface area contributed by atoms with Crippen molar-refractivity contribution in [2.24, 2.45) is 0 Å². The van der Waals surface area contributed by atoms with Crippen molar-refractivity contribution in [2.75, 3.05) is 18.9 Å². The maximum atomic E-state index is 3.51. The van der Waals surface area contributed by atoms with E-state index in [1.54, 1.807) is 11.3 Å². The predicted molar refractivity (Wildman–Crippen MR) is 78.1 cm³/mol. The second-order valence-corrected chi connectivity index (χ2v) is 5.71. The molecule has 0 atom stereocenters. The number of nitrogens with zero attached hydrogens (tertiary/aromatic N) is 1. The summed E-state index contributed by atoms with van der Waals surface area (Å²) < 4.78 is 0. The van der Waals surface area contributed by atoms with Gasteiger partial charge in [-0.1, -0.05) is 18.2 Å². The van der Waals surface area contributed by atoms with Gasteiger partial charge in [-0.3, -0.25) is 4.90 Å². The van der Waals surface area contributed by atoms with Crippen LogP contribution < -0.4 is 5.32 Å². The number of para-hydroxylation sites is 1. The van der Waals surface area contributed by atoms with Crippen LogP contribution in [0, 0.1) is 0 Å². The van der Waals surface area contributed by atoms with E-state index in [1.807, 2.05) is 0 Å². The second kappa shape index (κ2) is 5.12. The number of anilines is 1. The van der Waals surface area contributed by atoms with Gasteiger partial charge in [0.05, 0.1) is 0 Å². The minimum Gasteiger partial charge on any atom is -0.384 e. The third kappa shape index (κ3) is 2.42. The molecule has 0 bridgehead atoms. The Labute approximate surface area is 112 Å². The lowest BCUT2D eigenvalue weighted by molar-refractivity contribution is 0.320. The van der Waals surface area contributed by atoms with Crippen LogP contribution >= 0.6 is 11.3 Å². The number of benzene rings is 1. The lowest BCUT2D eigenvalue weighted by atomic mass is 10.1. The lowest BCUT2D eigenvalue weighted by Gasteiger charge is -2.18. The van der Waals surface area contributed by atoms with E-state index >= 15 is 0 Å². The summed E-state index contributed by atoms with van der Waals surface area (Å²) >= 11 is 1.77. The monoisotopic (exact) mass is 258 g/mol. The molecular formula is C15H18N2S. The van der Waals surface area contributed by atoms with Crippen molar-refractivity contribution in [2.45, 2.75) is 19.5 Å². The van der Waals surface area contributed by atoms with Gasteiger partial charge in [-0.15, -0.1) is 0 Å². The lowest BCUT2D eigenvalue weighted by Crippen LogP contribution is -2.17. The third-order valence-electron chi connectivity index (χ3n) is 3.41. The molecule has 2 aromatic rings. The molecule has 3 rings (SSSR count). The Bertz CT molecular complexity index is 519. The summed E-state index contributed by atoms with van der Waals surface area (Å²) in [5, 5.41) is 7.88. The van der Waals surface area contributed by atoms with Crippen LogP contribution in [0.25, 0.3) is 0 Å². The van der Waals surface area contributed by atoms with Gasteiger partial charge in [0.1, 0.15) is 0 Å². The van der Waals surface area contributed by atoms with E-state index in [1.165, 1.54) is 22.4 Å². The molecule has 0 fully saturated rings. The van der Waals surface area contributed by atoms with E-state index in [9.17, 15) is 0 Å². The normalized spacial score (nSPS) is 13.7. The maximum absolute atomic E-state index is 3.51. The van der Waals surface area contributed by atoms with Crippen LogP contribution in [0.1, 0.15) is 16.7 Å². The number of hydrogen-bond donors (Lipinski definition) is 1. The molecule has 1 aromatic heterocycles. The van der Waals surface area contributed by atoms with Crippen molar-refractivity contribution >= 4 is 17.0 Å². The van der Waals surface area contributed by atoms with Crippen molar-refractivity contribution < 1.29 is 0 Å². The first-order chi connectivity index (χ1) is 8.83. The molecule has 0 saturated heterocycles. The molecule has 0 unspecified atom stereocenters. The highest BCUT2D eigenvalue weighted by Gasteiger charge is 2.14. The van der Waals surface area contributed by atoms with Crippen molar-refractivity contribution in [3.05, 3.63) is 51.7 Å². The quantitative estimate of drug-likeness (QED) is 0.904. The first kappa shape index (κ1) is 11.8. The molecule has 2 heterocycles. The van der Waals surface area contributed by atoms with Gasteiger partial charge < -0.3 is 5.32 Å². The number of rotatable bonds is 4. The summed E-state index contributed by atoms with van der Waals surface area (Å²) in [6, 6.07) is 8.85. The zero-order valence-corrected chi connectivity index (χ0v) is 11.5. The summed E-state index contributed by atoms with van der Waals surface area (Å²) in [6.45, 7) is 3.11. The largest absolute Gasteiger partial charge is 0.384 e. The molecule has 0 amide bonds. The van der Waals surface area contributed by atoms with Crippen molar-refractivity contribution in [1.82, 2.24) is 4.90 Å². The van der Waals surface area contributed by atoms with E-state index < -0.39 is 0 Å². The fraction of sp³-hybridized carbons (Fsp3) is 0.333. The Hall–Kier alpha value is -1.32. The highest BCUT2D eigenvalue weighted by Crippen LogP contribution is 2.27. The molecule has 1 aliphatic heterocycles. The van der Waals surface area contributed by atoms with Crippen molar-refractivity contribution in [1.29, 1.82) is 0 Å². The fourth-order valence-corrected chi connectivity index (χ4v) is 3.24. The first-order valence-electron chi connectivity index (χ1n) is 6.37. The van der Waals surface area contributed by atoms with Crippen LogP contribution in [0.3, 0.4) is 0 Å². The van der Waals surface area contributed by atoms with Crippen LogP contribution in [-0.2, 0) is 19.5 Å². The minimum atomic E-state index is 1.01. The molecule has 94 valence electrons. The Balaban J connectivity index is 1.71. The number of thiophene rings is 1. The standard InChI is InChI=1S/C15H18N2S/c1-17(9-12-6-8-18-11-12)10-14-4-2-3-13-5-7-16-15(13)14/h2-4,6,8,11,16H,5,7,9-10H2,1H3. The van der Waals surface area contributed by atoms with Gasteiger partial charge in [-0.2, -0.15) is 11.3 Å². The average molecular weight is 258 g/mol. The highest BCUT2D eigenvalue weighted by atomic mass is 32.1. The number of nitrogens with one attached hydrogen (secondary N) is 1. The van der Waals surface area contributed by atoms with E-state index in [4.69, 9.17) is 0 Å². The van der Waals surface area contributed by atoms with Gasteiger partial charge in [0.2, 0.25) is 0 Å². The van der Waals surface area contributed by atoms with Crippen LogP contribution in [-0.4, -0.2) is 18.5 Å². The highest BCUT2D eigenvalue weighted by molar-refractivity contribution is 7.07. The summed E-state index contributed by atoms with van der Waals surface area (Å²) in [5.41, 5.74) is 5.66. The molecule has 2 nitrogen and oxygen atoms in total. The van der Waals surface area contributed by atoms with Gasteiger partial charge in [-0.25, -0.2) is 0 Å². The summed E-state index contributed by atoms with van der Waals surface area (Å²) in [5.74, 6) is 0. The first-order valence-corrected chi connectivity index (χ1v) is 7.31. The second-order valence-electron chi connectivity index (χ2n) is 4.93. The van der Waals surface area contributed by atoms with Crippen LogP contribution in [0.5, 0.6) is 0 Å². The van der Waals surface area contributed by atoms with Crippen LogP contribution in [0.4, 0.5) is 5.69 Å². The van der Waals surface area contributed by atoms with E-state index in [0.29, 0.717) is 0 Å². The van der Waals surface area contributed by atoms with E-state index in [2.05, 4.69) is 52.3 Å². The zero-order valence-electron chi connectivity index (χ0n) is 10.6. The molecule has 18 heavy (non-hydrogen) atoms. The Morgan fingerprint density at radius 2 is 2.22 bits per heavy atom. The van der Waals surface area contributed by atoms with Crippen molar-refractivity contribution in [3.8, 4) is 0 Å². The Morgan fingerprint density at radius 3 is 3.06 bits per heavy atom. The maximum Gasteiger partial charge on any atom is 0.0419 e. The number of fused-ring (bicyclic) bond motifs is 1. The molecule has 1 aromatic carbocycles. The van der Waals surface area contributed by atoms with Gasteiger partial charge in [0.25, 0.3) is 0 Å². The van der Waals surface area contributed by atoms with Crippen molar-refractivity contribution in [3.63, 3.8) is 0 Å². The zero-order chi connectivity index (χ0) is 12.4. The molecule has 1 aliphatic rings. The number of hydrogen-bond acceptors (Lipinski definition) is 3. The molecule has 0 radical (unpaired) electrons. The summed E-state index contributed by atoms with van der Waals surface area (Å²) in [7, 11) is 2.19. The van der Waals surface area contributed by atoms with Crippen LogP contribution in [0.15, 0.2) is 35.0 Å². The molecule has 0 saturated carbocycles. The smallest absolute Gasteiger partial charge is 0.0419 e. The van der Waals surface area contributed by atoms with Gasteiger partial charge >= 0.3 is 0 Å². The van der Waals surface area contributed by atoms with Gasteiger partial charge in [0.15, 0.2) is 0 Å². The summed E-state index contributed by atoms with van der Waals surface area (Å²) in [4.78, 5) is 2.37. The fourth-order valence-electron chi connectivity index (χ4n) is 2.58. The SMILES string of the molecule is CN(Cc1ccsc1)Cc1cccc2c1NCC2.